The molecule has 0 radical (unpaired) electrons. The van der Waals surface area contributed by atoms with Gasteiger partial charge in [0.1, 0.15) is 0 Å². The molecule has 7 heteroatoms. The minimum absolute atomic E-state index is 0.00812. The number of anilines is 1. The predicted molar refractivity (Wildman–Crippen MR) is 108 cm³/mol. The summed E-state index contributed by atoms with van der Waals surface area (Å²) < 4.78 is 0. The lowest BCUT2D eigenvalue weighted by Crippen LogP contribution is -2.35. The number of carbonyl (C=O) groups is 2. The summed E-state index contributed by atoms with van der Waals surface area (Å²) in [5.41, 5.74) is 1.91. The Hall–Kier alpha value is -2.25. The lowest BCUT2D eigenvalue weighted by atomic mass is 9.99. The van der Waals surface area contributed by atoms with Gasteiger partial charge < -0.3 is 16.0 Å². The molecule has 0 fully saturated rings. The zero-order chi connectivity index (χ0) is 19.2. The molecule has 0 saturated heterocycles. The van der Waals surface area contributed by atoms with Crippen LogP contribution >= 0.6 is 11.3 Å². The Labute approximate surface area is 163 Å². The largest absolute Gasteiger partial charge is 0.351 e. The van der Waals surface area contributed by atoms with E-state index >= 15 is 0 Å². The molecule has 2 aromatic rings. The van der Waals surface area contributed by atoms with Crippen LogP contribution in [0.2, 0.25) is 0 Å². The smallest absolute Gasteiger partial charge is 0.242 e. The van der Waals surface area contributed by atoms with Gasteiger partial charge in [0.25, 0.3) is 0 Å². The van der Waals surface area contributed by atoms with E-state index in [0.717, 1.165) is 41.8 Å². The molecule has 1 aliphatic rings. The number of likely N-dealkylation sites (N-methyl/N-ethyl adjacent to an activating group) is 1. The standard InChI is InChI=1S/C20H26N4O2S/c1-13(21-2)18(25)24-20-23-17-15(10-6-7-11-16(17)27-20)19(26)22-12-14-8-4-3-5-9-14/h3-5,8-9,13,15,21H,6-7,10-12H2,1-2H3,(H,22,26)(H,23,24,25)/t13-,15?/m0/s1. The van der Waals surface area contributed by atoms with E-state index in [1.807, 2.05) is 30.3 Å². The first-order valence-electron chi connectivity index (χ1n) is 9.38. The average molecular weight is 387 g/mol. The number of aryl methyl sites for hydroxylation is 1. The second-order valence-electron chi connectivity index (χ2n) is 6.83. The maximum atomic E-state index is 12.8. The molecule has 0 spiro atoms. The van der Waals surface area contributed by atoms with Gasteiger partial charge in [-0.15, -0.1) is 11.3 Å². The zero-order valence-electron chi connectivity index (χ0n) is 15.7. The average Bonchev–Trinajstić information content (AvgIpc) is 2.97. The van der Waals surface area contributed by atoms with Crippen molar-refractivity contribution < 1.29 is 9.59 Å². The molecular weight excluding hydrogens is 360 g/mol. The minimum atomic E-state index is -0.293. The number of benzene rings is 1. The quantitative estimate of drug-likeness (QED) is 0.667. The minimum Gasteiger partial charge on any atom is -0.351 e. The van der Waals surface area contributed by atoms with E-state index in [1.165, 1.54) is 11.3 Å². The van der Waals surface area contributed by atoms with Crippen molar-refractivity contribution in [2.24, 2.45) is 0 Å². The third-order valence-electron chi connectivity index (χ3n) is 4.89. The van der Waals surface area contributed by atoms with Crippen LogP contribution in [0.5, 0.6) is 0 Å². The van der Waals surface area contributed by atoms with Crippen LogP contribution in [-0.4, -0.2) is 29.9 Å². The molecule has 1 aromatic carbocycles. The number of fused-ring (bicyclic) bond motifs is 1. The maximum absolute atomic E-state index is 12.8. The van der Waals surface area contributed by atoms with Crippen LogP contribution in [0.1, 0.15) is 48.2 Å². The summed E-state index contributed by atoms with van der Waals surface area (Å²) in [5, 5.41) is 9.40. The van der Waals surface area contributed by atoms with Crippen LogP contribution in [0.15, 0.2) is 30.3 Å². The molecule has 3 N–H and O–H groups in total. The lowest BCUT2D eigenvalue weighted by Gasteiger charge is -2.14. The summed E-state index contributed by atoms with van der Waals surface area (Å²) in [6.07, 6.45) is 3.74. The highest BCUT2D eigenvalue weighted by atomic mass is 32.1. The number of carbonyl (C=O) groups excluding carboxylic acids is 2. The molecule has 1 aliphatic carbocycles. The molecule has 0 aliphatic heterocycles. The van der Waals surface area contributed by atoms with Crippen molar-refractivity contribution >= 4 is 28.3 Å². The monoisotopic (exact) mass is 386 g/mol. The first-order chi connectivity index (χ1) is 13.1. The molecule has 6 nitrogen and oxygen atoms in total. The summed E-state index contributed by atoms with van der Waals surface area (Å²) in [6, 6.07) is 9.59. The Kier molecular flexibility index (Phi) is 6.58. The van der Waals surface area contributed by atoms with Gasteiger partial charge in [0.2, 0.25) is 11.8 Å². The van der Waals surface area contributed by atoms with E-state index < -0.39 is 0 Å². The molecule has 27 heavy (non-hydrogen) atoms. The fraction of sp³-hybridized carbons (Fsp3) is 0.450. The number of hydrogen-bond donors (Lipinski definition) is 3. The van der Waals surface area contributed by atoms with Crippen molar-refractivity contribution in [3.63, 3.8) is 0 Å². The third-order valence-corrected chi connectivity index (χ3v) is 5.93. The molecule has 2 atom stereocenters. The number of aromatic nitrogens is 1. The Bertz CT molecular complexity index is 791. The Balaban J connectivity index is 1.72. The summed E-state index contributed by atoms with van der Waals surface area (Å²) in [7, 11) is 1.74. The van der Waals surface area contributed by atoms with Crippen LogP contribution in [-0.2, 0) is 22.6 Å². The molecule has 0 saturated carbocycles. The van der Waals surface area contributed by atoms with E-state index in [2.05, 4.69) is 20.9 Å². The van der Waals surface area contributed by atoms with Crippen molar-refractivity contribution in [2.45, 2.75) is 51.1 Å². The van der Waals surface area contributed by atoms with Gasteiger partial charge >= 0.3 is 0 Å². The molecule has 1 unspecified atom stereocenters. The van der Waals surface area contributed by atoms with Gasteiger partial charge in [-0.3, -0.25) is 9.59 Å². The van der Waals surface area contributed by atoms with Crippen LogP contribution in [0.25, 0.3) is 0 Å². The first-order valence-corrected chi connectivity index (χ1v) is 10.2. The highest BCUT2D eigenvalue weighted by Gasteiger charge is 2.29. The van der Waals surface area contributed by atoms with E-state index in [0.29, 0.717) is 11.7 Å². The Morgan fingerprint density at radius 3 is 2.78 bits per heavy atom. The second-order valence-corrected chi connectivity index (χ2v) is 7.91. The van der Waals surface area contributed by atoms with Gasteiger partial charge in [-0.25, -0.2) is 4.98 Å². The van der Waals surface area contributed by atoms with Crippen LogP contribution in [0, 0.1) is 0 Å². The predicted octanol–water partition coefficient (Wildman–Crippen LogP) is 2.82. The van der Waals surface area contributed by atoms with Gasteiger partial charge in [-0.2, -0.15) is 0 Å². The number of rotatable bonds is 6. The number of amides is 2. The lowest BCUT2D eigenvalue weighted by molar-refractivity contribution is -0.123. The number of hydrogen-bond acceptors (Lipinski definition) is 5. The van der Waals surface area contributed by atoms with Crippen molar-refractivity contribution in [1.82, 2.24) is 15.6 Å². The molecule has 3 rings (SSSR count). The van der Waals surface area contributed by atoms with E-state index in [9.17, 15) is 9.59 Å². The molecule has 2 amide bonds. The number of thiazole rings is 1. The van der Waals surface area contributed by atoms with Crippen molar-refractivity contribution in [1.29, 1.82) is 0 Å². The van der Waals surface area contributed by atoms with Gasteiger partial charge in [0.15, 0.2) is 5.13 Å². The van der Waals surface area contributed by atoms with Gasteiger partial charge in [-0.05, 0) is 38.8 Å². The number of nitrogens with zero attached hydrogens (tertiary/aromatic N) is 1. The van der Waals surface area contributed by atoms with Gasteiger partial charge in [0.05, 0.1) is 17.7 Å². The topological polar surface area (TPSA) is 83.1 Å². The highest BCUT2D eigenvalue weighted by molar-refractivity contribution is 7.15. The molecule has 1 heterocycles. The summed E-state index contributed by atoms with van der Waals surface area (Å²) in [5.74, 6) is -0.366. The fourth-order valence-corrected chi connectivity index (χ4v) is 4.22. The summed E-state index contributed by atoms with van der Waals surface area (Å²) >= 11 is 1.49. The molecule has 0 bridgehead atoms. The maximum Gasteiger partial charge on any atom is 0.242 e. The summed E-state index contributed by atoms with van der Waals surface area (Å²) in [4.78, 5) is 30.7. The molecular formula is C20H26N4O2S. The normalized spacial score (nSPS) is 17.5. The van der Waals surface area contributed by atoms with Crippen molar-refractivity contribution in [3.8, 4) is 0 Å². The second kappa shape index (κ2) is 9.10. The van der Waals surface area contributed by atoms with Crippen LogP contribution in [0.4, 0.5) is 5.13 Å². The van der Waals surface area contributed by atoms with Gasteiger partial charge in [0, 0.05) is 11.4 Å². The summed E-state index contributed by atoms with van der Waals surface area (Å²) in [6.45, 7) is 2.31. The van der Waals surface area contributed by atoms with E-state index in [1.54, 1.807) is 14.0 Å². The highest BCUT2D eigenvalue weighted by Crippen LogP contribution is 2.35. The van der Waals surface area contributed by atoms with Gasteiger partial charge in [-0.1, -0.05) is 36.8 Å². The van der Waals surface area contributed by atoms with Crippen molar-refractivity contribution in [3.05, 3.63) is 46.5 Å². The van der Waals surface area contributed by atoms with E-state index in [-0.39, 0.29) is 23.8 Å². The van der Waals surface area contributed by atoms with Crippen molar-refractivity contribution in [2.75, 3.05) is 12.4 Å². The Morgan fingerprint density at radius 1 is 1.26 bits per heavy atom. The number of nitrogens with one attached hydrogen (secondary N) is 3. The van der Waals surface area contributed by atoms with Crippen LogP contribution < -0.4 is 16.0 Å². The Morgan fingerprint density at radius 2 is 2.04 bits per heavy atom. The zero-order valence-corrected chi connectivity index (χ0v) is 16.6. The van der Waals surface area contributed by atoms with E-state index in [4.69, 9.17) is 0 Å². The first kappa shape index (κ1) is 19.5. The van der Waals surface area contributed by atoms with Crippen LogP contribution in [0.3, 0.4) is 0 Å². The molecule has 1 aromatic heterocycles. The third kappa shape index (κ3) is 4.93. The molecule has 144 valence electrons. The fourth-order valence-electron chi connectivity index (χ4n) is 3.15. The SMILES string of the molecule is CN[C@@H](C)C(=O)Nc1nc2c(s1)CCCCC2C(=O)NCc1ccccc1.